The van der Waals surface area contributed by atoms with Crippen molar-refractivity contribution in [2.75, 3.05) is 0 Å². The Kier molecular flexibility index (Phi) is 3.52. The summed E-state index contributed by atoms with van der Waals surface area (Å²) in [6, 6.07) is 34.0. The molecule has 9 heteroatoms. The van der Waals surface area contributed by atoms with E-state index in [1.54, 1.807) is 0 Å². The van der Waals surface area contributed by atoms with Gasteiger partial charge in [0.25, 0.3) is 0 Å². The van der Waals surface area contributed by atoms with E-state index in [1.165, 1.54) is 0 Å². The van der Waals surface area contributed by atoms with Crippen molar-refractivity contribution in [2.45, 2.75) is 0 Å². The zero-order valence-electron chi connectivity index (χ0n) is 21.4. The third-order valence-electron chi connectivity index (χ3n) is 8.82. The van der Waals surface area contributed by atoms with Crippen molar-refractivity contribution in [3.63, 3.8) is 0 Å². The molecule has 0 spiro atoms. The molecule has 0 radical (unpaired) electrons. The van der Waals surface area contributed by atoms with Crippen molar-refractivity contribution >= 4 is 83.3 Å². The van der Waals surface area contributed by atoms with E-state index in [4.69, 9.17) is 20.0 Å². The molecule has 0 saturated heterocycles. The summed E-state index contributed by atoms with van der Waals surface area (Å²) in [6.07, 6.45) is 0. The molecule has 8 nitrogen and oxygen atoms in total. The predicted molar refractivity (Wildman–Crippen MR) is 159 cm³/mol. The SMILES string of the molecule is c1ccc2c3[n]4c(c2c1)N=c1c2ccccc2c2[n]1[Ga]4[n]1c(c4ccccc4c1/N=c1\[nH]/c(c4ccccc14)=N\3)N=2. The average molecular weight is 583 g/mol. The predicted octanol–water partition coefficient (Wildman–Crippen LogP) is 4.71. The maximum atomic E-state index is 5.40. The molecule has 7 heterocycles. The molecule has 0 unspecified atom stereocenters. The first-order valence-electron chi connectivity index (χ1n) is 13.7. The van der Waals surface area contributed by atoms with Crippen LogP contribution in [-0.2, 0) is 0 Å². The van der Waals surface area contributed by atoms with Gasteiger partial charge in [-0.05, 0) is 0 Å². The standard InChI is InChI=1S/C32H17N8.Ga/c1-2-10-18-17(9-1)25-33-26(18)38-28-21-13-5-6-14-22(21)30(35-28)40-32-24-16-8-7-15-23(24)31(36-32)39-29-20-12-4-3-11-19(20)27(34-29)37-25;/h1-16H,(H-3,33,34,35,36,37,38,39,40);/q-3;+3. The molecule has 0 saturated carbocycles. The van der Waals surface area contributed by atoms with Gasteiger partial charge in [-0.2, -0.15) is 0 Å². The van der Waals surface area contributed by atoms with E-state index in [9.17, 15) is 0 Å². The molecule has 11 rings (SSSR count). The van der Waals surface area contributed by atoms with Crippen molar-refractivity contribution < 1.29 is 0 Å². The average Bonchev–Trinajstić information content (AvgIpc) is 3.73. The van der Waals surface area contributed by atoms with E-state index in [-0.39, 0.29) is 0 Å². The third kappa shape index (κ3) is 2.34. The van der Waals surface area contributed by atoms with Gasteiger partial charge in [-0.25, -0.2) is 0 Å². The summed E-state index contributed by atoms with van der Waals surface area (Å²) in [4.78, 5) is 25.2. The Morgan fingerprint density at radius 1 is 0.390 bits per heavy atom. The maximum absolute atomic E-state index is 5.40. The summed E-state index contributed by atoms with van der Waals surface area (Å²) >= 11 is -3.09. The Morgan fingerprint density at radius 2 is 0.732 bits per heavy atom. The molecule has 2 bridgehead atoms. The Morgan fingerprint density at radius 3 is 1.15 bits per heavy atom. The van der Waals surface area contributed by atoms with Gasteiger partial charge in [0.05, 0.1) is 0 Å². The van der Waals surface area contributed by atoms with Gasteiger partial charge in [0.2, 0.25) is 0 Å². The Bertz CT molecular complexity index is 2590. The molecule has 0 atom stereocenters. The second-order valence-corrected chi connectivity index (χ2v) is 15.6. The van der Waals surface area contributed by atoms with Crippen LogP contribution in [0.3, 0.4) is 0 Å². The molecule has 0 aliphatic carbocycles. The van der Waals surface area contributed by atoms with Crippen molar-refractivity contribution in [1.82, 2.24) is 14.8 Å². The summed E-state index contributed by atoms with van der Waals surface area (Å²) in [5.41, 5.74) is 3.62. The fraction of sp³-hybridized carbons (Fsp3) is 0. The second-order valence-electron chi connectivity index (χ2n) is 10.8. The molecular formula is C32H17GaN8. The molecule has 0 amide bonds. The van der Waals surface area contributed by atoms with Crippen LogP contribution in [0.4, 0.5) is 23.3 Å². The topological polar surface area (TPSA) is 80.0 Å². The van der Waals surface area contributed by atoms with Crippen LogP contribution in [0.15, 0.2) is 117 Å². The minimum absolute atomic E-state index is 0.821. The normalized spacial score (nSPS) is 15.8. The first-order chi connectivity index (χ1) is 20.3. The van der Waals surface area contributed by atoms with Crippen molar-refractivity contribution in [3.8, 4) is 0 Å². The number of fused-ring (bicyclic) bond motifs is 14. The molecule has 0 fully saturated rings. The van der Waals surface area contributed by atoms with Gasteiger partial charge in [-0.15, -0.1) is 0 Å². The van der Waals surface area contributed by atoms with E-state index in [2.05, 4.69) is 112 Å². The number of aromatic amines is 1. The van der Waals surface area contributed by atoms with Crippen molar-refractivity contribution in [2.24, 2.45) is 20.0 Å². The van der Waals surface area contributed by atoms with Gasteiger partial charge < -0.3 is 0 Å². The fourth-order valence-electron chi connectivity index (χ4n) is 7.12. The number of benzene rings is 4. The van der Waals surface area contributed by atoms with Crippen molar-refractivity contribution in [3.05, 3.63) is 119 Å². The molecule has 4 aromatic carbocycles. The molecule has 4 aromatic heterocycles. The van der Waals surface area contributed by atoms with Gasteiger partial charge in [0.15, 0.2) is 0 Å². The van der Waals surface area contributed by atoms with E-state index >= 15 is 0 Å². The van der Waals surface area contributed by atoms with Crippen LogP contribution in [0.1, 0.15) is 0 Å². The van der Waals surface area contributed by atoms with Gasteiger partial charge in [-0.3, -0.25) is 0 Å². The molecule has 1 N–H and O–H groups in total. The summed E-state index contributed by atoms with van der Waals surface area (Å²) in [6.45, 7) is 0. The number of nitrogens with one attached hydrogen (secondary N) is 1. The van der Waals surface area contributed by atoms with E-state index < -0.39 is 16.9 Å². The van der Waals surface area contributed by atoms with Crippen LogP contribution >= 0.6 is 0 Å². The van der Waals surface area contributed by atoms with Crippen LogP contribution in [0, 0.1) is 0 Å². The Labute approximate surface area is 236 Å². The number of hydrogen-bond donors (Lipinski definition) is 1. The van der Waals surface area contributed by atoms with Gasteiger partial charge in [0.1, 0.15) is 0 Å². The number of H-pyrrole nitrogens is 1. The van der Waals surface area contributed by atoms with E-state index in [0.29, 0.717) is 0 Å². The number of nitrogens with zero attached hydrogens (tertiary/aromatic N) is 7. The van der Waals surface area contributed by atoms with Crippen LogP contribution in [0.5, 0.6) is 0 Å². The van der Waals surface area contributed by atoms with Crippen LogP contribution in [-0.4, -0.2) is 31.7 Å². The van der Waals surface area contributed by atoms with Gasteiger partial charge in [-0.1, -0.05) is 0 Å². The van der Waals surface area contributed by atoms with Crippen LogP contribution < -0.4 is 22.0 Å². The number of aromatic nitrogens is 4. The number of rotatable bonds is 0. The van der Waals surface area contributed by atoms with Crippen molar-refractivity contribution in [1.29, 1.82) is 0 Å². The Hall–Kier alpha value is -5.12. The number of hydrogen-bond acceptors (Lipinski definition) is 4. The molecule has 8 aromatic rings. The third-order valence-corrected chi connectivity index (χ3v) is 14.8. The summed E-state index contributed by atoms with van der Waals surface area (Å²) < 4.78 is 7.38. The molecule has 188 valence electrons. The van der Waals surface area contributed by atoms with Crippen LogP contribution in [0.25, 0.3) is 43.1 Å². The summed E-state index contributed by atoms with van der Waals surface area (Å²) in [7, 11) is 0. The van der Waals surface area contributed by atoms with Crippen LogP contribution in [0.2, 0.25) is 0 Å². The minimum atomic E-state index is -3.09. The first kappa shape index (κ1) is 20.7. The quantitative estimate of drug-likeness (QED) is 0.251. The Balaban J connectivity index is 1.50. The van der Waals surface area contributed by atoms with Gasteiger partial charge in [0, 0.05) is 0 Å². The summed E-state index contributed by atoms with van der Waals surface area (Å²) in [5.74, 6) is 3.83. The monoisotopic (exact) mass is 582 g/mol. The molecule has 3 aliphatic rings. The van der Waals surface area contributed by atoms with Gasteiger partial charge >= 0.3 is 237 Å². The molecule has 41 heavy (non-hydrogen) atoms. The van der Waals surface area contributed by atoms with E-state index in [1.807, 2.05) is 0 Å². The molecular weight excluding hydrogens is 566 g/mol. The fourth-order valence-corrected chi connectivity index (χ4v) is 13.8. The second kappa shape index (κ2) is 6.95. The zero-order valence-corrected chi connectivity index (χ0v) is 23.9. The van der Waals surface area contributed by atoms with E-state index in [0.717, 1.165) is 88.3 Å². The zero-order chi connectivity index (χ0) is 26.4. The first-order valence-corrected chi connectivity index (χ1v) is 17.0. The molecule has 3 aliphatic heterocycles. The summed E-state index contributed by atoms with van der Waals surface area (Å²) in [5, 5.41) is 8.82.